The van der Waals surface area contributed by atoms with E-state index < -0.39 is 0 Å². The summed E-state index contributed by atoms with van der Waals surface area (Å²) in [5, 5.41) is 3.49. The van der Waals surface area contributed by atoms with Crippen LogP contribution in [-0.2, 0) is 4.74 Å². The quantitative estimate of drug-likeness (QED) is 0.677. The van der Waals surface area contributed by atoms with Crippen molar-refractivity contribution in [3.8, 4) is 0 Å². The van der Waals surface area contributed by atoms with Gasteiger partial charge in [-0.05, 0) is 45.1 Å². The van der Waals surface area contributed by atoms with Crippen LogP contribution in [0.4, 0.5) is 0 Å². The Bertz CT molecular complexity index is 143. The van der Waals surface area contributed by atoms with Crippen molar-refractivity contribution in [1.29, 1.82) is 0 Å². The van der Waals surface area contributed by atoms with Crippen LogP contribution in [0.25, 0.3) is 0 Å². The van der Waals surface area contributed by atoms with Gasteiger partial charge in [-0.15, -0.1) is 0 Å². The second-order valence-electron chi connectivity index (χ2n) is 4.28. The molecule has 2 aliphatic heterocycles. The number of nitrogens with one attached hydrogen (secondary N) is 1. The fourth-order valence-electron chi connectivity index (χ4n) is 2.42. The first kappa shape index (κ1) is 8.52. The lowest BCUT2D eigenvalue weighted by atomic mass is 9.97. The van der Waals surface area contributed by atoms with E-state index >= 15 is 0 Å². The average molecular weight is 169 g/mol. The van der Waals surface area contributed by atoms with E-state index in [2.05, 4.69) is 12.2 Å². The molecule has 0 bridgehead atoms. The first-order valence-corrected chi connectivity index (χ1v) is 5.19. The zero-order chi connectivity index (χ0) is 8.39. The Labute approximate surface area is 74.7 Å². The molecule has 0 amide bonds. The fourth-order valence-corrected chi connectivity index (χ4v) is 2.42. The second kappa shape index (κ2) is 3.75. The maximum atomic E-state index is 5.62. The van der Waals surface area contributed by atoms with Crippen LogP contribution in [0.15, 0.2) is 0 Å². The van der Waals surface area contributed by atoms with Crippen molar-refractivity contribution in [2.45, 2.75) is 44.8 Å². The molecule has 70 valence electrons. The highest BCUT2D eigenvalue weighted by molar-refractivity contribution is 4.81. The third kappa shape index (κ3) is 1.99. The van der Waals surface area contributed by atoms with Crippen LogP contribution in [-0.4, -0.2) is 25.3 Å². The van der Waals surface area contributed by atoms with Crippen LogP contribution in [0.5, 0.6) is 0 Å². The summed E-state index contributed by atoms with van der Waals surface area (Å²) in [7, 11) is 0. The third-order valence-electron chi connectivity index (χ3n) is 3.06. The van der Waals surface area contributed by atoms with Gasteiger partial charge >= 0.3 is 0 Å². The molecule has 3 unspecified atom stereocenters. The summed E-state index contributed by atoms with van der Waals surface area (Å²) in [5.74, 6) is 0.878. The first-order chi connectivity index (χ1) is 5.84. The van der Waals surface area contributed by atoms with Crippen molar-refractivity contribution in [3.63, 3.8) is 0 Å². The van der Waals surface area contributed by atoms with E-state index in [1.165, 1.54) is 32.2 Å². The number of ether oxygens (including phenoxy) is 1. The predicted molar refractivity (Wildman–Crippen MR) is 49.2 cm³/mol. The summed E-state index contributed by atoms with van der Waals surface area (Å²) in [6.07, 6.45) is 5.80. The van der Waals surface area contributed by atoms with Crippen molar-refractivity contribution in [2.24, 2.45) is 5.92 Å². The molecule has 3 atom stereocenters. The van der Waals surface area contributed by atoms with Crippen LogP contribution in [0.2, 0.25) is 0 Å². The predicted octanol–water partition coefficient (Wildman–Crippen LogP) is 1.55. The van der Waals surface area contributed by atoms with Gasteiger partial charge in [0.25, 0.3) is 0 Å². The van der Waals surface area contributed by atoms with E-state index in [0.717, 1.165) is 18.6 Å². The highest BCUT2D eigenvalue weighted by atomic mass is 16.5. The van der Waals surface area contributed by atoms with Gasteiger partial charge in [0.15, 0.2) is 0 Å². The van der Waals surface area contributed by atoms with Crippen molar-refractivity contribution in [1.82, 2.24) is 5.32 Å². The van der Waals surface area contributed by atoms with E-state index in [0.29, 0.717) is 6.10 Å². The highest BCUT2D eigenvalue weighted by Crippen LogP contribution is 2.24. The molecular formula is C10H19NO. The van der Waals surface area contributed by atoms with Crippen LogP contribution in [0.3, 0.4) is 0 Å². The van der Waals surface area contributed by atoms with Crippen LogP contribution >= 0.6 is 0 Å². The summed E-state index contributed by atoms with van der Waals surface area (Å²) in [4.78, 5) is 0. The zero-order valence-electron chi connectivity index (χ0n) is 7.88. The molecule has 2 aliphatic rings. The topological polar surface area (TPSA) is 21.3 Å². The monoisotopic (exact) mass is 169 g/mol. The molecular weight excluding hydrogens is 150 g/mol. The molecule has 1 N–H and O–H groups in total. The van der Waals surface area contributed by atoms with E-state index in [-0.39, 0.29) is 0 Å². The molecule has 0 spiro atoms. The Morgan fingerprint density at radius 2 is 2.42 bits per heavy atom. The fraction of sp³-hybridized carbons (Fsp3) is 1.00. The van der Waals surface area contributed by atoms with Crippen molar-refractivity contribution >= 4 is 0 Å². The Morgan fingerprint density at radius 1 is 1.50 bits per heavy atom. The molecule has 0 radical (unpaired) electrons. The smallest absolute Gasteiger partial charge is 0.0579 e. The second-order valence-corrected chi connectivity index (χ2v) is 4.28. The Morgan fingerprint density at radius 3 is 3.00 bits per heavy atom. The summed E-state index contributed by atoms with van der Waals surface area (Å²) >= 11 is 0. The van der Waals surface area contributed by atoms with Gasteiger partial charge in [-0.25, -0.2) is 0 Å². The van der Waals surface area contributed by atoms with E-state index in [1.807, 2.05) is 0 Å². The number of rotatable bonds is 2. The van der Waals surface area contributed by atoms with E-state index in [9.17, 15) is 0 Å². The summed E-state index contributed by atoms with van der Waals surface area (Å²) in [6, 6.07) is 0.733. The van der Waals surface area contributed by atoms with Gasteiger partial charge in [-0.2, -0.15) is 0 Å². The van der Waals surface area contributed by atoms with Crippen LogP contribution < -0.4 is 5.32 Å². The molecule has 0 saturated carbocycles. The molecule has 0 aromatic carbocycles. The molecule has 2 heteroatoms. The molecule has 2 saturated heterocycles. The van der Waals surface area contributed by atoms with Gasteiger partial charge < -0.3 is 10.1 Å². The molecule has 0 aromatic rings. The van der Waals surface area contributed by atoms with Gasteiger partial charge in [0, 0.05) is 12.6 Å². The average Bonchev–Trinajstić information content (AvgIpc) is 2.63. The minimum atomic E-state index is 0.585. The van der Waals surface area contributed by atoms with Crippen molar-refractivity contribution in [2.75, 3.05) is 13.2 Å². The SMILES string of the molecule is CC1CC(CC2CCCO2)CN1. The summed E-state index contributed by atoms with van der Waals surface area (Å²) < 4.78 is 5.62. The van der Waals surface area contributed by atoms with Crippen molar-refractivity contribution in [3.05, 3.63) is 0 Å². The number of hydrogen-bond donors (Lipinski definition) is 1. The Balaban J connectivity index is 1.72. The lowest BCUT2D eigenvalue weighted by Gasteiger charge is -2.13. The molecule has 2 rings (SSSR count). The lowest BCUT2D eigenvalue weighted by Crippen LogP contribution is -2.17. The Kier molecular flexibility index (Phi) is 2.66. The third-order valence-corrected chi connectivity index (χ3v) is 3.06. The summed E-state index contributed by atoms with van der Waals surface area (Å²) in [5.41, 5.74) is 0. The first-order valence-electron chi connectivity index (χ1n) is 5.19. The Hall–Kier alpha value is -0.0800. The largest absolute Gasteiger partial charge is 0.378 e. The van der Waals surface area contributed by atoms with E-state index in [4.69, 9.17) is 4.74 Å². The highest BCUT2D eigenvalue weighted by Gasteiger charge is 2.25. The minimum absolute atomic E-state index is 0.585. The molecule has 0 aliphatic carbocycles. The minimum Gasteiger partial charge on any atom is -0.378 e. The molecule has 2 heterocycles. The zero-order valence-corrected chi connectivity index (χ0v) is 7.88. The van der Waals surface area contributed by atoms with Crippen molar-refractivity contribution < 1.29 is 4.74 Å². The van der Waals surface area contributed by atoms with E-state index in [1.54, 1.807) is 0 Å². The van der Waals surface area contributed by atoms with Gasteiger partial charge in [-0.3, -0.25) is 0 Å². The molecule has 0 aromatic heterocycles. The summed E-state index contributed by atoms with van der Waals surface area (Å²) in [6.45, 7) is 4.48. The molecule has 12 heavy (non-hydrogen) atoms. The standard InChI is InChI=1S/C10H19NO/c1-8-5-9(7-11-8)6-10-3-2-4-12-10/h8-11H,2-7H2,1H3. The van der Waals surface area contributed by atoms with Gasteiger partial charge in [0.1, 0.15) is 0 Å². The number of hydrogen-bond acceptors (Lipinski definition) is 2. The maximum absolute atomic E-state index is 5.62. The molecule has 2 nitrogen and oxygen atoms in total. The maximum Gasteiger partial charge on any atom is 0.0579 e. The van der Waals surface area contributed by atoms with Gasteiger partial charge in [-0.1, -0.05) is 0 Å². The van der Waals surface area contributed by atoms with Crippen LogP contribution in [0.1, 0.15) is 32.6 Å². The van der Waals surface area contributed by atoms with Gasteiger partial charge in [0.2, 0.25) is 0 Å². The van der Waals surface area contributed by atoms with Crippen LogP contribution in [0, 0.1) is 5.92 Å². The van der Waals surface area contributed by atoms with Gasteiger partial charge in [0.05, 0.1) is 6.10 Å². The normalized spacial score (nSPS) is 42.2. The molecule has 2 fully saturated rings. The lowest BCUT2D eigenvalue weighted by molar-refractivity contribution is 0.0916.